The minimum atomic E-state index is -1.38. The first kappa shape index (κ1) is 26.5. The molecule has 2 N–H and O–H groups in total. The van der Waals surface area contributed by atoms with Crippen molar-refractivity contribution in [2.45, 2.75) is 18.8 Å². The van der Waals surface area contributed by atoms with Gasteiger partial charge in [0, 0.05) is 35.7 Å². The van der Waals surface area contributed by atoms with Gasteiger partial charge in [0.25, 0.3) is 11.8 Å². The molecule has 3 aromatic carbocycles. The third-order valence-corrected chi connectivity index (χ3v) is 7.53. The summed E-state index contributed by atoms with van der Waals surface area (Å²) in [5, 5.41) is 9.96. The van der Waals surface area contributed by atoms with Crippen molar-refractivity contribution in [3.8, 4) is 17.1 Å². The summed E-state index contributed by atoms with van der Waals surface area (Å²) in [6, 6.07) is 26.3. The highest BCUT2D eigenvalue weighted by Gasteiger charge is 2.32. The van der Waals surface area contributed by atoms with E-state index in [0.717, 1.165) is 13.0 Å². The van der Waals surface area contributed by atoms with Gasteiger partial charge in [-0.15, -0.1) is 5.10 Å². The van der Waals surface area contributed by atoms with Gasteiger partial charge in [0.2, 0.25) is 12.0 Å². The van der Waals surface area contributed by atoms with E-state index in [4.69, 9.17) is 9.72 Å². The molecule has 2 amide bonds. The zero-order valence-electron chi connectivity index (χ0n) is 23.1. The molecule has 0 saturated carbocycles. The Kier molecular flexibility index (Phi) is 6.63. The quantitative estimate of drug-likeness (QED) is 0.315. The fourth-order valence-electron chi connectivity index (χ4n) is 5.18. The van der Waals surface area contributed by atoms with E-state index >= 15 is 0 Å². The number of ether oxygens (including phenoxy) is 1. The first-order valence-electron chi connectivity index (χ1n) is 13.8. The van der Waals surface area contributed by atoms with E-state index in [1.807, 2.05) is 67.7 Å². The van der Waals surface area contributed by atoms with Crippen LogP contribution in [0.3, 0.4) is 0 Å². The number of anilines is 1. The fourth-order valence-corrected chi connectivity index (χ4v) is 5.18. The monoisotopic (exact) mass is 575 g/mol. The minimum Gasteiger partial charge on any atom is -0.457 e. The number of nitrogens with zero attached hydrogens (tertiary/aromatic N) is 5. The molecule has 0 radical (unpaired) electrons. The van der Waals surface area contributed by atoms with Crippen molar-refractivity contribution in [1.29, 1.82) is 0 Å². The summed E-state index contributed by atoms with van der Waals surface area (Å²) >= 11 is 0. The van der Waals surface area contributed by atoms with Gasteiger partial charge in [-0.2, -0.15) is 0 Å². The Morgan fingerprint density at radius 3 is 2.42 bits per heavy atom. The fraction of sp³-hybridized carbons (Fsp3) is 0.156. The van der Waals surface area contributed by atoms with Gasteiger partial charge < -0.3 is 15.4 Å². The lowest BCUT2D eigenvalue weighted by atomic mass is 10.0. The maximum absolute atomic E-state index is 14.9. The SMILES string of the molecule is CN1CCC1Oc1ccc2nc(-c3ccccc3)c(C(=O)N[C@H]3N=C(c4ccccc4)c4cccc(F)c4NC3=O)n2n1. The number of benzodiazepines with no additional fused rings is 1. The van der Waals surface area contributed by atoms with Crippen LogP contribution in [0.15, 0.2) is 96.0 Å². The number of hydrogen-bond donors (Lipinski definition) is 2. The molecule has 2 aliphatic heterocycles. The number of nitrogens with one attached hydrogen (secondary N) is 2. The van der Waals surface area contributed by atoms with Gasteiger partial charge >= 0.3 is 0 Å². The molecule has 1 unspecified atom stereocenters. The van der Waals surface area contributed by atoms with Crippen LogP contribution < -0.4 is 15.4 Å². The summed E-state index contributed by atoms with van der Waals surface area (Å²) in [6.45, 7) is 0.923. The second-order valence-corrected chi connectivity index (χ2v) is 10.3. The Bertz CT molecular complexity index is 1890. The maximum Gasteiger partial charge on any atom is 0.274 e. The largest absolute Gasteiger partial charge is 0.457 e. The standard InChI is InChI=1S/C32H26FN7O3/c1-39-18-17-25(39)43-24-16-15-23-34-27(20-11-6-3-7-12-20)29(40(23)38-24)31(41)37-30-32(42)36-28-21(13-8-14-22(28)33)26(35-30)19-9-4-2-5-10-19/h2-16,25,30H,17-18H2,1H3,(H,36,42)(H,37,41)/t25?,30-/m1/s1. The van der Waals surface area contributed by atoms with Gasteiger partial charge in [-0.25, -0.2) is 18.9 Å². The predicted octanol–water partition coefficient (Wildman–Crippen LogP) is 4.12. The lowest BCUT2D eigenvalue weighted by Crippen LogP contribution is -2.48. The number of aliphatic imine (C=N–C) groups is 1. The van der Waals surface area contributed by atoms with Crippen LogP contribution in [-0.4, -0.2) is 63.0 Å². The number of halogens is 1. The number of carbonyl (C=O) groups is 2. The highest BCUT2D eigenvalue weighted by molar-refractivity contribution is 6.20. The molecule has 43 heavy (non-hydrogen) atoms. The van der Waals surface area contributed by atoms with Crippen molar-refractivity contribution in [2.75, 3.05) is 18.9 Å². The molecule has 5 aromatic rings. The van der Waals surface area contributed by atoms with Crippen LogP contribution in [0.1, 0.15) is 28.0 Å². The van der Waals surface area contributed by atoms with Gasteiger partial charge in [-0.05, 0) is 19.2 Å². The molecular weight excluding hydrogens is 549 g/mol. The van der Waals surface area contributed by atoms with Crippen LogP contribution in [-0.2, 0) is 4.79 Å². The van der Waals surface area contributed by atoms with Crippen LogP contribution in [0, 0.1) is 5.82 Å². The lowest BCUT2D eigenvalue weighted by Gasteiger charge is -2.36. The summed E-state index contributed by atoms with van der Waals surface area (Å²) in [5.74, 6) is -1.61. The van der Waals surface area contributed by atoms with E-state index in [1.165, 1.54) is 10.6 Å². The van der Waals surface area contributed by atoms with E-state index in [-0.39, 0.29) is 17.6 Å². The highest BCUT2D eigenvalue weighted by Crippen LogP contribution is 2.29. The Morgan fingerprint density at radius 1 is 0.977 bits per heavy atom. The minimum absolute atomic E-state index is 0.00366. The average Bonchev–Trinajstić information content (AvgIpc) is 3.35. The van der Waals surface area contributed by atoms with Crippen LogP contribution in [0.2, 0.25) is 0 Å². The van der Waals surface area contributed by atoms with Gasteiger partial charge in [0.05, 0.1) is 11.4 Å². The molecule has 7 rings (SSSR count). The number of para-hydroxylation sites is 1. The van der Waals surface area contributed by atoms with E-state index < -0.39 is 23.8 Å². The van der Waals surface area contributed by atoms with Gasteiger partial charge in [-0.1, -0.05) is 72.8 Å². The summed E-state index contributed by atoms with van der Waals surface area (Å²) in [6.07, 6.45) is -0.627. The van der Waals surface area contributed by atoms with E-state index in [9.17, 15) is 14.0 Å². The second-order valence-electron chi connectivity index (χ2n) is 10.3. The molecule has 1 saturated heterocycles. The van der Waals surface area contributed by atoms with Crippen molar-refractivity contribution in [1.82, 2.24) is 24.8 Å². The predicted molar refractivity (Wildman–Crippen MR) is 158 cm³/mol. The molecule has 214 valence electrons. The van der Waals surface area contributed by atoms with Crippen molar-refractivity contribution < 1.29 is 18.7 Å². The normalized spacial score (nSPS) is 18.2. The summed E-state index contributed by atoms with van der Waals surface area (Å²) < 4.78 is 22.4. The van der Waals surface area contributed by atoms with Crippen LogP contribution in [0.4, 0.5) is 10.1 Å². The molecule has 1 fully saturated rings. The Balaban J connectivity index is 1.31. The van der Waals surface area contributed by atoms with E-state index in [0.29, 0.717) is 39.6 Å². The number of imidazole rings is 1. The number of aromatic nitrogens is 3. The first-order valence-corrected chi connectivity index (χ1v) is 13.8. The highest BCUT2D eigenvalue weighted by atomic mass is 19.1. The van der Waals surface area contributed by atoms with Crippen LogP contribution in [0.25, 0.3) is 16.9 Å². The van der Waals surface area contributed by atoms with Gasteiger partial charge in [-0.3, -0.25) is 14.5 Å². The summed E-state index contributed by atoms with van der Waals surface area (Å²) in [4.78, 5) is 38.9. The van der Waals surface area contributed by atoms with Gasteiger partial charge in [0.1, 0.15) is 11.5 Å². The molecule has 0 aliphatic carbocycles. The summed E-state index contributed by atoms with van der Waals surface area (Å²) in [7, 11) is 1.96. The van der Waals surface area contributed by atoms with E-state index in [1.54, 1.807) is 24.3 Å². The summed E-state index contributed by atoms with van der Waals surface area (Å²) in [5.41, 5.74) is 3.01. The number of hydrogen-bond acceptors (Lipinski definition) is 7. The Labute approximate surface area is 245 Å². The molecule has 4 heterocycles. The Morgan fingerprint density at radius 2 is 1.72 bits per heavy atom. The van der Waals surface area contributed by atoms with Crippen molar-refractivity contribution in [3.63, 3.8) is 0 Å². The maximum atomic E-state index is 14.9. The topological polar surface area (TPSA) is 113 Å². The zero-order chi connectivity index (χ0) is 29.5. The smallest absolute Gasteiger partial charge is 0.274 e. The van der Waals surface area contributed by atoms with Gasteiger partial charge in [0.15, 0.2) is 17.6 Å². The Hall–Kier alpha value is -5.42. The number of carbonyl (C=O) groups excluding carboxylic acids is 2. The number of amides is 2. The molecule has 10 nitrogen and oxygen atoms in total. The number of benzene rings is 3. The first-order chi connectivity index (χ1) is 21.0. The van der Waals surface area contributed by atoms with E-state index in [2.05, 4.69) is 25.6 Å². The molecule has 2 aromatic heterocycles. The number of rotatable bonds is 6. The molecular formula is C32H26FN7O3. The van der Waals surface area contributed by atoms with Crippen LogP contribution >= 0.6 is 0 Å². The molecule has 11 heteroatoms. The molecule has 2 atom stereocenters. The average molecular weight is 576 g/mol. The molecule has 0 bridgehead atoms. The molecule has 0 spiro atoms. The van der Waals surface area contributed by atoms with Crippen molar-refractivity contribution >= 4 is 28.9 Å². The third kappa shape index (κ3) is 4.89. The molecule has 2 aliphatic rings. The number of fused-ring (bicyclic) bond motifs is 2. The lowest BCUT2D eigenvalue weighted by molar-refractivity contribution is -0.117. The van der Waals surface area contributed by atoms with Crippen molar-refractivity contribution in [3.05, 3.63) is 114 Å². The zero-order valence-corrected chi connectivity index (χ0v) is 23.1. The van der Waals surface area contributed by atoms with Crippen molar-refractivity contribution in [2.24, 2.45) is 4.99 Å². The third-order valence-electron chi connectivity index (χ3n) is 7.53. The van der Waals surface area contributed by atoms with Crippen LogP contribution in [0.5, 0.6) is 5.88 Å². The second kappa shape index (κ2) is 10.8. The number of likely N-dealkylation sites (tertiary alicyclic amines) is 1.